The Morgan fingerprint density at radius 2 is 0.860 bits per heavy atom. The van der Waals surface area contributed by atoms with Gasteiger partial charge in [-0.25, -0.2) is 0 Å². The minimum absolute atomic E-state index is 0.000303. The van der Waals surface area contributed by atoms with Crippen LogP contribution in [0.1, 0.15) is 170 Å². The number of nitrogens with zero attached hydrogens (tertiary/aromatic N) is 2. The fourth-order valence-electron chi connectivity index (χ4n) is 15.7. The molecule has 93 heavy (non-hydrogen) atoms. The molecule has 0 bridgehead atoms. The number of hydrogen-bond donors (Lipinski definition) is 8. The van der Waals surface area contributed by atoms with Crippen LogP contribution in [0.2, 0.25) is 0 Å². The van der Waals surface area contributed by atoms with Gasteiger partial charge in [-0.3, -0.25) is 29.0 Å². The molecule has 0 aromatic rings. The maximum Gasteiger partial charge on any atom is 0.311 e. The molecule has 25 nitrogen and oxygen atoms in total. The molecule has 5 saturated heterocycles. The number of carbonyl (C=O) groups excluding carboxylic acids is 4. The minimum Gasteiger partial charge on any atom is -0.459 e. The first kappa shape index (κ1) is 81.2. The van der Waals surface area contributed by atoms with Crippen molar-refractivity contribution in [2.45, 2.75) is 314 Å². The van der Waals surface area contributed by atoms with Gasteiger partial charge >= 0.3 is 11.9 Å². The average molecular weight is 1340 g/mol. The molecule has 542 valence electrons. The number of aliphatic hydroxyl groups excluding tert-OH is 6. The average Bonchev–Trinajstić information content (AvgIpc) is 0.793. The molecule has 0 amide bonds. The van der Waals surface area contributed by atoms with E-state index in [1.165, 1.54) is 55.9 Å². The molecule has 25 heteroatoms. The quantitative estimate of drug-likeness (QED) is 0.102. The topological polar surface area (TPSA) is 338 Å². The van der Waals surface area contributed by atoms with Gasteiger partial charge < -0.3 is 93.0 Å². The molecule has 0 aromatic carbocycles. The first-order chi connectivity index (χ1) is 43.0. The molecule has 5 heterocycles. The maximum atomic E-state index is 14.7. The van der Waals surface area contributed by atoms with Crippen LogP contribution in [-0.4, -0.2) is 267 Å². The van der Waals surface area contributed by atoms with Gasteiger partial charge in [-0.05, 0) is 122 Å². The Hall–Kier alpha value is -2.48. The van der Waals surface area contributed by atoms with E-state index in [-0.39, 0.29) is 37.9 Å². The van der Waals surface area contributed by atoms with E-state index in [2.05, 4.69) is 0 Å². The number of Topliss-reactive ketones (excluding diaryl/α,β-unsaturated/α-hetero) is 2. The van der Waals surface area contributed by atoms with Gasteiger partial charge in [-0.1, -0.05) is 55.4 Å². The summed E-state index contributed by atoms with van der Waals surface area (Å²) in [7, 11) is 8.12. The number of ketones is 2. The van der Waals surface area contributed by atoms with Crippen LogP contribution in [0.25, 0.3) is 0 Å². The summed E-state index contributed by atoms with van der Waals surface area (Å²) >= 11 is 0. The van der Waals surface area contributed by atoms with Gasteiger partial charge in [-0.2, -0.15) is 0 Å². The van der Waals surface area contributed by atoms with Crippen molar-refractivity contribution in [2.24, 2.45) is 47.3 Å². The predicted octanol–water partition coefficient (Wildman–Crippen LogP) is 3.71. The van der Waals surface area contributed by atoms with Gasteiger partial charge in [0, 0.05) is 88.4 Å². The Labute approximate surface area is 553 Å². The van der Waals surface area contributed by atoms with Crippen LogP contribution in [-0.2, 0) is 71.3 Å². The number of esters is 2. The molecular formula is C68H122N2O23. The second kappa shape index (κ2) is 32.7. The molecule has 32 atom stereocenters. The highest BCUT2D eigenvalue weighted by molar-refractivity contribution is 5.84. The molecular weight excluding hydrogens is 1210 g/mol. The minimum atomic E-state index is -2.05. The zero-order valence-electron chi connectivity index (χ0n) is 60.0. The summed E-state index contributed by atoms with van der Waals surface area (Å²) in [4.78, 5) is 61.1. The van der Waals surface area contributed by atoms with Gasteiger partial charge in [0.2, 0.25) is 0 Å². The lowest BCUT2D eigenvalue weighted by atomic mass is 9.74. The van der Waals surface area contributed by atoms with Crippen LogP contribution in [0, 0.1) is 47.3 Å². The van der Waals surface area contributed by atoms with Gasteiger partial charge in [0.25, 0.3) is 0 Å². The highest BCUT2D eigenvalue weighted by atomic mass is 16.7. The number of ether oxygens (including phenoxy) is 11. The zero-order chi connectivity index (χ0) is 70.7. The third-order valence-electron chi connectivity index (χ3n) is 22.4. The van der Waals surface area contributed by atoms with Gasteiger partial charge in [0.05, 0.1) is 83.6 Å². The summed E-state index contributed by atoms with van der Waals surface area (Å²) in [5.41, 5.74) is -7.99. The molecule has 5 aliphatic heterocycles. The number of cyclic esters (lactones) is 2. The summed E-state index contributed by atoms with van der Waals surface area (Å²) in [6.45, 7) is 30.4. The second-order valence-electron chi connectivity index (χ2n) is 29.8. The van der Waals surface area contributed by atoms with Gasteiger partial charge in [0.1, 0.15) is 53.3 Å². The third kappa shape index (κ3) is 17.8. The fraction of sp³-hybridized carbons (Fsp3) is 0.941. The van der Waals surface area contributed by atoms with Crippen LogP contribution in [0.4, 0.5) is 0 Å². The lowest BCUT2D eigenvalue weighted by Crippen LogP contribution is -2.62. The molecule has 0 aliphatic carbocycles. The van der Waals surface area contributed by atoms with Crippen molar-refractivity contribution in [1.29, 1.82) is 0 Å². The van der Waals surface area contributed by atoms with Crippen molar-refractivity contribution in [3.63, 3.8) is 0 Å². The largest absolute Gasteiger partial charge is 0.459 e. The molecule has 5 rings (SSSR count). The number of methoxy groups -OCH3 is 3. The molecule has 5 aliphatic rings. The van der Waals surface area contributed by atoms with Crippen LogP contribution in [0.5, 0.6) is 0 Å². The van der Waals surface area contributed by atoms with Crippen LogP contribution >= 0.6 is 0 Å². The first-order valence-electron chi connectivity index (χ1n) is 34.0. The number of aliphatic hydroxyl groups is 8. The lowest BCUT2D eigenvalue weighted by Gasteiger charge is -2.50. The summed E-state index contributed by atoms with van der Waals surface area (Å²) < 4.78 is 70.4. The smallest absolute Gasteiger partial charge is 0.311 e. The van der Waals surface area contributed by atoms with E-state index < -0.39 is 209 Å². The molecule has 0 spiro atoms. The van der Waals surface area contributed by atoms with E-state index in [1.807, 2.05) is 37.7 Å². The highest BCUT2D eigenvalue weighted by Gasteiger charge is 2.57. The van der Waals surface area contributed by atoms with Gasteiger partial charge in [-0.15, -0.1) is 0 Å². The number of likely N-dealkylation sites (N-methyl/N-ethyl adjacent to an activating group) is 2. The van der Waals surface area contributed by atoms with E-state index >= 15 is 0 Å². The Balaban J connectivity index is 1.45. The van der Waals surface area contributed by atoms with E-state index in [4.69, 9.17) is 52.1 Å². The fourth-order valence-corrected chi connectivity index (χ4v) is 15.7. The monoisotopic (exact) mass is 1330 g/mol. The summed E-state index contributed by atoms with van der Waals surface area (Å²) in [6.07, 6.45) is -18.6. The molecule has 0 unspecified atom stereocenters. The van der Waals surface area contributed by atoms with Crippen molar-refractivity contribution < 1.29 is 112 Å². The summed E-state index contributed by atoms with van der Waals surface area (Å²) in [5.74, 6) is -10.3. The van der Waals surface area contributed by atoms with Crippen molar-refractivity contribution in [2.75, 3.05) is 48.5 Å². The highest BCUT2D eigenvalue weighted by Crippen LogP contribution is 2.44. The Morgan fingerprint density at radius 3 is 1.24 bits per heavy atom. The van der Waals surface area contributed by atoms with E-state index in [0.717, 1.165) is 0 Å². The maximum absolute atomic E-state index is 14.7. The number of hydrogen-bond acceptors (Lipinski definition) is 25. The Kier molecular flexibility index (Phi) is 28.5. The van der Waals surface area contributed by atoms with E-state index in [9.17, 15) is 60.0 Å². The molecule has 0 saturated carbocycles. The molecule has 5 fully saturated rings. The number of rotatable bonds is 16. The van der Waals surface area contributed by atoms with Crippen molar-refractivity contribution in [1.82, 2.24) is 9.80 Å². The Morgan fingerprint density at radius 1 is 0.484 bits per heavy atom. The van der Waals surface area contributed by atoms with Crippen LogP contribution in [0.3, 0.4) is 0 Å². The van der Waals surface area contributed by atoms with E-state index in [1.54, 1.807) is 76.2 Å². The van der Waals surface area contributed by atoms with E-state index in [0.29, 0.717) is 25.9 Å². The lowest BCUT2D eigenvalue weighted by molar-refractivity contribution is -0.319. The Bertz CT molecular complexity index is 2420. The predicted molar refractivity (Wildman–Crippen MR) is 341 cm³/mol. The van der Waals surface area contributed by atoms with Crippen molar-refractivity contribution in [3.05, 3.63) is 0 Å². The molecule has 8 N–H and O–H groups in total. The van der Waals surface area contributed by atoms with Crippen molar-refractivity contribution in [3.8, 4) is 0 Å². The van der Waals surface area contributed by atoms with Gasteiger partial charge in [0.15, 0.2) is 18.9 Å². The second-order valence-corrected chi connectivity index (χ2v) is 29.8. The zero-order valence-corrected chi connectivity index (χ0v) is 60.0. The third-order valence-corrected chi connectivity index (χ3v) is 22.4. The molecule has 0 aromatic heterocycles. The van der Waals surface area contributed by atoms with Crippen molar-refractivity contribution >= 4 is 23.5 Å². The normalized spacial score (nSPS) is 48.6. The first-order valence-corrected chi connectivity index (χ1v) is 34.0. The standard InChI is InChI=1S/C68H122N2O23/c1-24-46-67(17,81)55(76)37(7)49(71)33(3)30-65(15,84-22)58(39(9)51(73)40(10)60(79)89-46)92-62-52(74)44(28-35(5)86-62)69(19)26-27-70(20)45-29-36(6)87-63(53(45)75)93-59-41(11)54(91-48-32-64(14,83-21)57(78)43(13)88-48)42(12)61(80)90-47(25-2)68(18,82)56(77)38(8)50(72)34(4)31-66(59,16)85-23/h33-48,51-59,62-63,73-78,81-82H,24-32H2,1-23H3/t33-,34-,35-,36-,37+,38+,39+,40-,41+,42-,43+,44+,45+,46-,47-,48+,51+,52-,53-,54+,55-,56-,57+,58-,59-,62+,63+,64-,65-,66-,67-,68-/m1/s1. The SMILES string of the molecule is CC[C@H]1OC(=O)[C@H](C)[C@@H](O)[C@H](C)[C@@H](O[C@@H]2O[C@H](C)C[C@H](N(C)CCN(C)[C@H]3C[C@@H](C)O[C@@H](O[C@@H]4[C@@H](C)[C@H](O[C@H]5C[C@@](C)(OC)[C@@H](O)[C@H](C)O5)[C@@H](C)C(=O)O[C@H](CC)[C@@](C)(O)[C@H](O)[C@@H](C)C(=O)[C@H](C)C[C@@]4(C)OC)[C@@H]3O)[C@H]2O)[C@](C)(OC)C[C@@H](C)C(=O)[C@H](C)[C@@H](O)[C@]1(C)O. The summed E-state index contributed by atoms with van der Waals surface area (Å²) in [5, 5.41) is 95.0. The van der Waals surface area contributed by atoms with Crippen LogP contribution < -0.4 is 0 Å². The molecule has 0 radical (unpaired) electrons. The summed E-state index contributed by atoms with van der Waals surface area (Å²) in [6, 6.07) is -1.16. The number of carbonyl (C=O) groups is 4. The van der Waals surface area contributed by atoms with Crippen LogP contribution in [0.15, 0.2) is 0 Å².